The van der Waals surface area contributed by atoms with Gasteiger partial charge in [0.25, 0.3) is 0 Å². The average molecular weight is 184 g/mol. The Labute approximate surface area is 94.3 Å². The maximum atomic E-state index is 10.7. The maximum absolute atomic E-state index is 10.7. The number of rotatable bonds is 3. The van der Waals surface area contributed by atoms with E-state index in [0.29, 0.717) is 6.61 Å². The van der Waals surface area contributed by atoms with Crippen LogP contribution in [0.15, 0.2) is 0 Å². The predicted molar refractivity (Wildman–Crippen MR) is 38.4 cm³/mol. The molecule has 0 aliphatic rings. The smallest absolute Gasteiger partial charge is 0.870 e. The number of ketones is 1. The fraction of sp³-hybridized carbons (Fsp3) is 0.714. The Morgan fingerprint density at radius 3 is 2.08 bits per heavy atom. The molecule has 0 aliphatic heterocycles. The van der Waals surface area contributed by atoms with E-state index in [4.69, 9.17) is 0 Å². The van der Waals surface area contributed by atoms with E-state index in [-0.39, 0.29) is 40.8 Å². The van der Waals surface area contributed by atoms with E-state index in [2.05, 4.69) is 4.74 Å². The van der Waals surface area contributed by atoms with Crippen molar-refractivity contribution in [3.8, 4) is 0 Å². The van der Waals surface area contributed by atoms with Gasteiger partial charge in [-0.1, -0.05) is 0 Å². The predicted octanol–water partition coefficient (Wildman–Crippen LogP) is -2.40. The number of ether oxygens (including phenoxy) is 1. The molecule has 0 aromatic heterocycles. The van der Waals surface area contributed by atoms with Gasteiger partial charge in [0.2, 0.25) is 0 Å². The quantitative estimate of drug-likeness (QED) is 0.278. The van der Waals surface area contributed by atoms with Gasteiger partial charge in [0.05, 0.1) is 6.61 Å². The van der Waals surface area contributed by atoms with Crippen LogP contribution < -0.4 is 29.6 Å². The number of carbonyl (C=O) groups excluding carboxylic acids is 2. The van der Waals surface area contributed by atoms with Crippen LogP contribution >= 0.6 is 0 Å². The standard InChI is InChI=1S/C7H12O3.Na.H2O/c1-4-10-7(9)5(2)6(3)8;;/h5H,4H2,1-3H3;;1H2/q;+1;/p-1. The van der Waals surface area contributed by atoms with Gasteiger partial charge in [-0.2, -0.15) is 0 Å². The Morgan fingerprint density at radius 2 is 1.83 bits per heavy atom. The van der Waals surface area contributed by atoms with Crippen molar-refractivity contribution < 1.29 is 49.4 Å². The molecular weight excluding hydrogens is 171 g/mol. The Balaban J connectivity index is -0.000000405. The summed E-state index contributed by atoms with van der Waals surface area (Å²) in [5, 5.41) is 0. The molecule has 5 heteroatoms. The van der Waals surface area contributed by atoms with Gasteiger partial charge in [0.15, 0.2) is 0 Å². The van der Waals surface area contributed by atoms with Crippen molar-refractivity contribution in [3.05, 3.63) is 0 Å². The maximum Gasteiger partial charge on any atom is 1.00 e. The number of Topliss-reactive ketones (excluding diaryl/α,β-unsaturated/α-hetero) is 1. The molecule has 0 bridgehead atoms. The van der Waals surface area contributed by atoms with E-state index in [1.807, 2.05) is 0 Å². The van der Waals surface area contributed by atoms with Crippen LogP contribution in [0.1, 0.15) is 20.8 Å². The molecule has 4 nitrogen and oxygen atoms in total. The van der Waals surface area contributed by atoms with E-state index in [1.54, 1.807) is 13.8 Å². The molecule has 66 valence electrons. The van der Waals surface area contributed by atoms with Gasteiger partial charge < -0.3 is 10.2 Å². The first-order valence-corrected chi connectivity index (χ1v) is 3.26. The molecule has 0 aliphatic carbocycles. The van der Waals surface area contributed by atoms with Crippen molar-refractivity contribution in [2.45, 2.75) is 20.8 Å². The first-order valence-electron chi connectivity index (χ1n) is 3.26. The molecule has 0 rings (SSSR count). The fourth-order valence-electron chi connectivity index (χ4n) is 0.433. The number of esters is 1. The Morgan fingerprint density at radius 1 is 1.42 bits per heavy atom. The number of carbonyl (C=O) groups is 2. The van der Waals surface area contributed by atoms with Crippen LogP contribution in [0.3, 0.4) is 0 Å². The van der Waals surface area contributed by atoms with Crippen molar-refractivity contribution in [1.29, 1.82) is 0 Å². The van der Waals surface area contributed by atoms with Crippen molar-refractivity contribution in [1.82, 2.24) is 0 Å². The summed E-state index contributed by atoms with van der Waals surface area (Å²) < 4.78 is 4.61. The summed E-state index contributed by atoms with van der Waals surface area (Å²) in [7, 11) is 0. The summed E-state index contributed by atoms with van der Waals surface area (Å²) in [6.07, 6.45) is 0. The van der Waals surface area contributed by atoms with Crippen LogP contribution in [0.4, 0.5) is 0 Å². The van der Waals surface area contributed by atoms with Crippen molar-refractivity contribution in [2.24, 2.45) is 5.92 Å². The van der Waals surface area contributed by atoms with E-state index in [9.17, 15) is 9.59 Å². The monoisotopic (exact) mass is 184 g/mol. The van der Waals surface area contributed by atoms with Crippen molar-refractivity contribution >= 4 is 11.8 Å². The van der Waals surface area contributed by atoms with Gasteiger partial charge in [-0.15, -0.1) is 0 Å². The number of hydrogen-bond acceptors (Lipinski definition) is 4. The summed E-state index contributed by atoms with van der Waals surface area (Å²) >= 11 is 0. The Kier molecular flexibility index (Phi) is 13.8. The van der Waals surface area contributed by atoms with Gasteiger partial charge in [-0.05, 0) is 20.8 Å². The summed E-state index contributed by atoms with van der Waals surface area (Å²) in [5.41, 5.74) is 0. The largest absolute Gasteiger partial charge is 1.00 e. The average Bonchev–Trinajstić information content (AvgIpc) is 1.87. The van der Waals surface area contributed by atoms with E-state index < -0.39 is 11.9 Å². The summed E-state index contributed by atoms with van der Waals surface area (Å²) in [4.78, 5) is 21.3. The molecule has 1 N–H and O–H groups in total. The third-order valence-corrected chi connectivity index (χ3v) is 1.25. The molecule has 0 radical (unpaired) electrons. The van der Waals surface area contributed by atoms with Crippen LogP contribution in [0.5, 0.6) is 0 Å². The molecule has 1 atom stereocenters. The molecule has 0 spiro atoms. The van der Waals surface area contributed by atoms with Crippen LogP contribution in [-0.2, 0) is 14.3 Å². The summed E-state index contributed by atoms with van der Waals surface area (Å²) in [6, 6.07) is 0. The normalized spacial score (nSPS) is 10.2. The van der Waals surface area contributed by atoms with E-state index in [1.165, 1.54) is 6.92 Å². The molecule has 0 aromatic carbocycles. The molecule has 0 aromatic rings. The van der Waals surface area contributed by atoms with Crippen LogP contribution in [0, 0.1) is 5.92 Å². The Hall–Kier alpha value is 0.1000. The van der Waals surface area contributed by atoms with Gasteiger partial charge in [-0.3, -0.25) is 9.59 Å². The van der Waals surface area contributed by atoms with Gasteiger partial charge in [0, 0.05) is 0 Å². The topological polar surface area (TPSA) is 73.4 Å². The van der Waals surface area contributed by atoms with Gasteiger partial charge in [-0.25, -0.2) is 0 Å². The third-order valence-electron chi connectivity index (χ3n) is 1.25. The molecule has 1 unspecified atom stereocenters. The Bertz CT molecular complexity index is 146. The van der Waals surface area contributed by atoms with Crippen LogP contribution in [0.25, 0.3) is 0 Å². The van der Waals surface area contributed by atoms with E-state index in [0.717, 1.165) is 0 Å². The van der Waals surface area contributed by atoms with Gasteiger partial charge in [0.1, 0.15) is 11.7 Å². The molecular formula is C7H13NaO4. The first-order chi connectivity index (χ1) is 4.59. The van der Waals surface area contributed by atoms with Crippen LogP contribution in [0.2, 0.25) is 0 Å². The summed E-state index contributed by atoms with van der Waals surface area (Å²) in [6.45, 7) is 4.96. The molecule has 0 amide bonds. The SMILES string of the molecule is CCOC(=O)C(C)C(C)=O.[Na+].[OH-]. The molecule has 0 heterocycles. The molecule has 0 saturated carbocycles. The van der Waals surface area contributed by atoms with Crippen LogP contribution in [-0.4, -0.2) is 23.8 Å². The van der Waals surface area contributed by atoms with E-state index >= 15 is 0 Å². The van der Waals surface area contributed by atoms with Crippen molar-refractivity contribution in [3.63, 3.8) is 0 Å². The summed E-state index contributed by atoms with van der Waals surface area (Å²) in [5.74, 6) is -1.20. The second-order valence-corrected chi connectivity index (χ2v) is 2.08. The fourth-order valence-corrected chi connectivity index (χ4v) is 0.433. The molecule has 0 fully saturated rings. The minimum absolute atomic E-state index is 0. The zero-order chi connectivity index (χ0) is 8.15. The second kappa shape index (κ2) is 9.19. The zero-order valence-corrected chi connectivity index (χ0v) is 9.96. The zero-order valence-electron chi connectivity index (χ0n) is 7.96. The minimum Gasteiger partial charge on any atom is -0.870 e. The minimum atomic E-state index is -0.611. The number of hydrogen-bond donors (Lipinski definition) is 0. The third kappa shape index (κ3) is 6.79. The van der Waals surface area contributed by atoms with Crippen molar-refractivity contribution in [2.75, 3.05) is 6.61 Å². The van der Waals surface area contributed by atoms with Gasteiger partial charge >= 0.3 is 35.5 Å². The molecule has 0 saturated heterocycles. The second-order valence-electron chi connectivity index (χ2n) is 2.08. The molecule has 12 heavy (non-hydrogen) atoms. The first kappa shape index (κ1) is 18.0.